The molecule has 4 nitrogen and oxygen atoms in total. The molecule has 0 fully saturated rings. The standard InChI is InChI=1S/C37H65NO3/c1-3-5-7-9-11-13-15-17-19-21-23-25-27-29-31-33-37(41)38-35(34-39)36(40)32-30-28-26-24-22-20-18-16-14-12-10-8-6-4-2/h11,13-14,16-17,19,22,24,30,32,35-36,39-40H,3-10,12,15,18,20-21,23,25-29,31,33-34H2,1-2H3,(H,38,41)/b13-11-,16-14+,19-17-,24-22+,32-30+. The van der Waals surface area contributed by atoms with Crippen LogP contribution in [0, 0.1) is 0 Å². The number of amides is 1. The van der Waals surface area contributed by atoms with Crippen LogP contribution >= 0.6 is 0 Å². The van der Waals surface area contributed by atoms with E-state index in [1.165, 1.54) is 70.6 Å². The van der Waals surface area contributed by atoms with Crippen molar-refractivity contribution in [3.05, 3.63) is 60.8 Å². The van der Waals surface area contributed by atoms with E-state index in [-0.39, 0.29) is 12.5 Å². The zero-order valence-electron chi connectivity index (χ0n) is 26.8. The third-order valence-corrected chi connectivity index (χ3v) is 7.20. The molecular weight excluding hydrogens is 506 g/mol. The second-order valence-corrected chi connectivity index (χ2v) is 11.2. The summed E-state index contributed by atoms with van der Waals surface area (Å²) in [5, 5.41) is 22.8. The highest BCUT2D eigenvalue weighted by Gasteiger charge is 2.17. The topological polar surface area (TPSA) is 69.6 Å². The van der Waals surface area contributed by atoms with Crippen LogP contribution in [0.25, 0.3) is 0 Å². The normalized spacial score (nSPS) is 14.0. The number of aliphatic hydroxyl groups excluding tert-OH is 2. The summed E-state index contributed by atoms with van der Waals surface area (Å²) in [6.07, 6.45) is 44.3. The fourth-order valence-electron chi connectivity index (χ4n) is 4.53. The predicted octanol–water partition coefficient (Wildman–Crippen LogP) is 9.84. The summed E-state index contributed by atoms with van der Waals surface area (Å²) in [6, 6.07) is -0.652. The summed E-state index contributed by atoms with van der Waals surface area (Å²) in [4.78, 5) is 12.3. The van der Waals surface area contributed by atoms with Crippen LogP contribution < -0.4 is 5.32 Å². The van der Waals surface area contributed by atoms with Gasteiger partial charge < -0.3 is 15.5 Å². The zero-order chi connectivity index (χ0) is 30.1. The molecule has 4 heteroatoms. The van der Waals surface area contributed by atoms with Gasteiger partial charge in [0.25, 0.3) is 0 Å². The molecule has 1 amide bonds. The van der Waals surface area contributed by atoms with Crippen LogP contribution in [-0.2, 0) is 4.79 Å². The minimum atomic E-state index is -0.875. The Morgan fingerprint density at radius 2 is 1.02 bits per heavy atom. The molecule has 0 aromatic heterocycles. The molecule has 0 rings (SSSR count). The van der Waals surface area contributed by atoms with E-state index >= 15 is 0 Å². The number of allylic oxidation sites excluding steroid dienone is 9. The van der Waals surface area contributed by atoms with Gasteiger partial charge in [0.1, 0.15) is 0 Å². The molecule has 2 unspecified atom stereocenters. The Balaban J connectivity index is 3.79. The zero-order valence-corrected chi connectivity index (χ0v) is 26.8. The third-order valence-electron chi connectivity index (χ3n) is 7.20. The van der Waals surface area contributed by atoms with Gasteiger partial charge >= 0.3 is 0 Å². The van der Waals surface area contributed by atoms with E-state index in [1.807, 2.05) is 6.08 Å². The highest BCUT2D eigenvalue weighted by Crippen LogP contribution is 2.09. The molecule has 3 N–H and O–H groups in total. The van der Waals surface area contributed by atoms with E-state index in [2.05, 4.69) is 67.8 Å². The van der Waals surface area contributed by atoms with Crippen molar-refractivity contribution in [1.29, 1.82) is 0 Å². The van der Waals surface area contributed by atoms with Crippen LogP contribution in [0.2, 0.25) is 0 Å². The molecule has 0 spiro atoms. The van der Waals surface area contributed by atoms with Crippen LogP contribution in [0.1, 0.15) is 149 Å². The molecule has 0 aromatic rings. The smallest absolute Gasteiger partial charge is 0.220 e. The Morgan fingerprint density at radius 3 is 1.61 bits per heavy atom. The molecule has 0 bridgehead atoms. The quantitative estimate of drug-likeness (QED) is 0.0618. The summed E-state index contributed by atoms with van der Waals surface area (Å²) in [5.74, 6) is -0.0971. The van der Waals surface area contributed by atoms with Gasteiger partial charge in [0.05, 0.1) is 18.8 Å². The number of hydrogen-bond donors (Lipinski definition) is 3. The lowest BCUT2D eigenvalue weighted by atomic mass is 10.1. The molecule has 0 heterocycles. The Morgan fingerprint density at radius 1 is 0.585 bits per heavy atom. The van der Waals surface area contributed by atoms with Crippen molar-refractivity contribution in [2.24, 2.45) is 0 Å². The first-order valence-corrected chi connectivity index (χ1v) is 17.0. The maximum absolute atomic E-state index is 12.3. The maximum atomic E-state index is 12.3. The first-order valence-electron chi connectivity index (χ1n) is 17.0. The number of carbonyl (C=O) groups excluding carboxylic acids is 1. The SMILES string of the molecule is CCCCC/C=C\C/C=C\CCCCCCCC(=O)NC(CO)C(O)/C=C/CC/C=C/CC/C=C/CCCCCC. The fourth-order valence-corrected chi connectivity index (χ4v) is 4.53. The minimum absolute atomic E-state index is 0.0971. The Kier molecular flexibility index (Phi) is 31.1. The van der Waals surface area contributed by atoms with Gasteiger partial charge in [-0.15, -0.1) is 0 Å². The van der Waals surface area contributed by atoms with Crippen molar-refractivity contribution in [2.75, 3.05) is 6.61 Å². The van der Waals surface area contributed by atoms with Gasteiger partial charge in [0.15, 0.2) is 0 Å². The Bertz CT molecular complexity index is 707. The van der Waals surface area contributed by atoms with Gasteiger partial charge in [-0.25, -0.2) is 0 Å². The van der Waals surface area contributed by atoms with E-state index in [0.717, 1.165) is 57.8 Å². The second kappa shape index (κ2) is 32.6. The lowest BCUT2D eigenvalue weighted by Gasteiger charge is -2.19. The van der Waals surface area contributed by atoms with Gasteiger partial charge in [0.2, 0.25) is 5.91 Å². The highest BCUT2D eigenvalue weighted by molar-refractivity contribution is 5.76. The largest absolute Gasteiger partial charge is 0.394 e. The summed E-state index contributed by atoms with van der Waals surface area (Å²) in [6.45, 7) is 4.21. The summed E-state index contributed by atoms with van der Waals surface area (Å²) < 4.78 is 0. The number of unbranched alkanes of at least 4 members (excludes halogenated alkanes) is 14. The first-order chi connectivity index (χ1) is 20.2. The van der Waals surface area contributed by atoms with Gasteiger partial charge in [-0.3, -0.25) is 4.79 Å². The summed E-state index contributed by atoms with van der Waals surface area (Å²) >= 11 is 0. The molecule has 0 saturated carbocycles. The summed E-state index contributed by atoms with van der Waals surface area (Å²) in [5.41, 5.74) is 0. The van der Waals surface area contributed by atoms with Crippen molar-refractivity contribution in [3.63, 3.8) is 0 Å². The first kappa shape index (κ1) is 39.1. The molecular formula is C37H65NO3. The molecule has 41 heavy (non-hydrogen) atoms. The average molecular weight is 572 g/mol. The fraction of sp³-hybridized carbons (Fsp3) is 0.703. The molecule has 0 saturated heterocycles. The molecule has 236 valence electrons. The highest BCUT2D eigenvalue weighted by atomic mass is 16.3. The van der Waals surface area contributed by atoms with Crippen LogP contribution in [0.4, 0.5) is 0 Å². The van der Waals surface area contributed by atoms with Crippen molar-refractivity contribution >= 4 is 5.91 Å². The number of carbonyl (C=O) groups is 1. The van der Waals surface area contributed by atoms with E-state index in [0.29, 0.717) is 6.42 Å². The molecule has 0 aliphatic carbocycles. The summed E-state index contributed by atoms with van der Waals surface area (Å²) in [7, 11) is 0. The van der Waals surface area contributed by atoms with E-state index in [9.17, 15) is 15.0 Å². The lowest BCUT2D eigenvalue weighted by molar-refractivity contribution is -0.123. The van der Waals surface area contributed by atoms with Gasteiger partial charge in [-0.05, 0) is 77.0 Å². The monoisotopic (exact) mass is 571 g/mol. The van der Waals surface area contributed by atoms with E-state index in [4.69, 9.17) is 0 Å². The van der Waals surface area contributed by atoms with Crippen molar-refractivity contribution < 1.29 is 15.0 Å². The van der Waals surface area contributed by atoms with Gasteiger partial charge in [-0.1, -0.05) is 126 Å². The van der Waals surface area contributed by atoms with E-state index < -0.39 is 12.1 Å². The molecule has 2 atom stereocenters. The second-order valence-electron chi connectivity index (χ2n) is 11.2. The number of nitrogens with one attached hydrogen (secondary N) is 1. The van der Waals surface area contributed by atoms with Crippen LogP contribution in [0.3, 0.4) is 0 Å². The van der Waals surface area contributed by atoms with Crippen LogP contribution in [-0.4, -0.2) is 34.9 Å². The van der Waals surface area contributed by atoms with Crippen molar-refractivity contribution in [3.8, 4) is 0 Å². The molecule has 0 radical (unpaired) electrons. The molecule has 0 aromatic carbocycles. The lowest BCUT2D eigenvalue weighted by Crippen LogP contribution is -2.45. The molecule has 0 aliphatic rings. The Labute approximate surface area is 254 Å². The van der Waals surface area contributed by atoms with Gasteiger partial charge in [-0.2, -0.15) is 0 Å². The van der Waals surface area contributed by atoms with Crippen molar-refractivity contribution in [2.45, 2.75) is 161 Å². The van der Waals surface area contributed by atoms with Crippen LogP contribution in [0.5, 0.6) is 0 Å². The average Bonchev–Trinajstić information content (AvgIpc) is 2.97. The van der Waals surface area contributed by atoms with E-state index in [1.54, 1.807) is 6.08 Å². The third kappa shape index (κ3) is 29.4. The predicted molar refractivity (Wildman–Crippen MR) is 179 cm³/mol. The van der Waals surface area contributed by atoms with Crippen LogP contribution in [0.15, 0.2) is 60.8 Å². The van der Waals surface area contributed by atoms with Crippen molar-refractivity contribution in [1.82, 2.24) is 5.32 Å². The Hall–Kier alpha value is -1.91. The maximum Gasteiger partial charge on any atom is 0.220 e. The molecule has 0 aliphatic heterocycles. The number of hydrogen-bond acceptors (Lipinski definition) is 3. The van der Waals surface area contributed by atoms with Gasteiger partial charge in [0, 0.05) is 6.42 Å². The number of rotatable bonds is 29. The number of aliphatic hydroxyl groups is 2. The minimum Gasteiger partial charge on any atom is -0.394 e.